The van der Waals surface area contributed by atoms with Crippen LogP contribution in [0.25, 0.3) is 0 Å². The van der Waals surface area contributed by atoms with E-state index in [4.69, 9.17) is 9.15 Å². The van der Waals surface area contributed by atoms with Gasteiger partial charge in [0.05, 0.1) is 12.6 Å². The Hall–Kier alpha value is -0.450. The number of nitrogens with one attached hydrogen (secondary N) is 1. The Morgan fingerprint density at radius 1 is 1.62 bits per heavy atom. The van der Waals surface area contributed by atoms with Crippen LogP contribution in [0.2, 0.25) is 0 Å². The predicted molar refractivity (Wildman–Crippen MR) is 66.9 cm³/mol. The Morgan fingerprint density at radius 2 is 2.50 bits per heavy atom. The van der Waals surface area contributed by atoms with E-state index in [2.05, 4.69) is 5.32 Å². The molecule has 4 heteroatoms. The Bertz CT molecular complexity index is 321. The van der Waals surface area contributed by atoms with Gasteiger partial charge in [0.15, 0.2) is 0 Å². The van der Waals surface area contributed by atoms with Gasteiger partial charge in [-0.05, 0) is 31.2 Å². The Balaban J connectivity index is 1.98. The minimum atomic E-state index is 0.183. The summed E-state index contributed by atoms with van der Waals surface area (Å²) in [6.45, 7) is 2.63. The molecule has 1 aliphatic rings. The van der Waals surface area contributed by atoms with Crippen LogP contribution in [0, 0.1) is 6.92 Å². The van der Waals surface area contributed by atoms with E-state index < -0.39 is 0 Å². The van der Waals surface area contributed by atoms with Crippen molar-refractivity contribution in [3.8, 4) is 0 Å². The molecule has 1 saturated heterocycles. The summed E-state index contributed by atoms with van der Waals surface area (Å²) in [7, 11) is 1.73. The van der Waals surface area contributed by atoms with E-state index in [0.717, 1.165) is 11.5 Å². The fourth-order valence-corrected chi connectivity index (χ4v) is 3.14. The fraction of sp³-hybridized carbons (Fsp3) is 0.667. The van der Waals surface area contributed by atoms with Crippen LogP contribution in [0.1, 0.15) is 24.0 Å². The van der Waals surface area contributed by atoms with Crippen molar-refractivity contribution in [3.05, 3.63) is 23.7 Å². The number of hydrogen-bond donors (Lipinski definition) is 1. The molecular formula is C12H19NO2S. The third-order valence-corrected chi connectivity index (χ3v) is 3.97. The molecule has 0 saturated carbocycles. The van der Waals surface area contributed by atoms with Crippen LogP contribution in [0.3, 0.4) is 0 Å². The van der Waals surface area contributed by atoms with Crippen molar-refractivity contribution in [2.45, 2.75) is 25.4 Å². The second-order valence-corrected chi connectivity index (χ2v) is 5.33. The maximum absolute atomic E-state index is 5.66. The lowest BCUT2D eigenvalue weighted by Crippen LogP contribution is -2.34. The molecule has 1 aromatic heterocycles. The summed E-state index contributed by atoms with van der Waals surface area (Å²) in [6, 6.07) is 4.81. The van der Waals surface area contributed by atoms with E-state index in [1.54, 1.807) is 7.11 Å². The first-order valence-electron chi connectivity index (χ1n) is 5.68. The molecule has 1 fully saturated rings. The largest absolute Gasteiger partial charge is 0.465 e. The molecule has 2 atom stereocenters. The molecule has 0 radical (unpaired) electrons. The predicted octanol–water partition coefficient (Wildman–Crippen LogP) is 2.37. The molecule has 0 spiro atoms. The topological polar surface area (TPSA) is 34.4 Å². The molecule has 0 bridgehead atoms. The van der Waals surface area contributed by atoms with E-state index in [9.17, 15) is 0 Å². The van der Waals surface area contributed by atoms with Crippen LogP contribution in [0.4, 0.5) is 0 Å². The van der Waals surface area contributed by atoms with Crippen molar-refractivity contribution in [1.82, 2.24) is 5.32 Å². The minimum Gasteiger partial charge on any atom is -0.465 e. The molecule has 0 aliphatic carbocycles. The lowest BCUT2D eigenvalue weighted by Gasteiger charge is -2.20. The van der Waals surface area contributed by atoms with Gasteiger partial charge < -0.3 is 14.5 Å². The third-order valence-electron chi connectivity index (χ3n) is 2.80. The smallest absolute Gasteiger partial charge is 0.123 e. The molecule has 2 rings (SSSR count). The number of hydrogen-bond acceptors (Lipinski definition) is 4. The average Bonchev–Trinajstić information content (AvgIpc) is 2.88. The van der Waals surface area contributed by atoms with E-state index in [-0.39, 0.29) is 6.04 Å². The van der Waals surface area contributed by atoms with Gasteiger partial charge in [0, 0.05) is 18.9 Å². The second kappa shape index (κ2) is 5.75. The third kappa shape index (κ3) is 3.03. The highest BCUT2D eigenvalue weighted by Gasteiger charge is 2.22. The minimum absolute atomic E-state index is 0.183. The van der Waals surface area contributed by atoms with Crippen molar-refractivity contribution in [2.75, 3.05) is 25.2 Å². The molecule has 90 valence electrons. The molecule has 0 amide bonds. The zero-order valence-corrected chi connectivity index (χ0v) is 10.7. The Labute approximate surface area is 101 Å². The van der Waals surface area contributed by atoms with Gasteiger partial charge >= 0.3 is 0 Å². The summed E-state index contributed by atoms with van der Waals surface area (Å²) in [5.41, 5.74) is 0. The summed E-state index contributed by atoms with van der Waals surface area (Å²) in [5.74, 6) is 4.39. The van der Waals surface area contributed by atoms with Crippen LogP contribution in [0.15, 0.2) is 16.5 Å². The van der Waals surface area contributed by atoms with Crippen LogP contribution in [-0.4, -0.2) is 31.3 Å². The van der Waals surface area contributed by atoms with E-state index in [1.165, 1.54) is 17.9 Å². The van der Waals surface area contributed by atoms with Crippen molar-refractivity contribution in [3.63, 3.8) is 0 Å². The number of aryl methyl sites for hydroxylation is 1. The van der Waals surface area contributed by atoms with E-state index in [0.29, 0.717) is 12.6 Å². The molecule has 1 aromatic rings. The maximum Gasteiger partial charge on any atom is 0.123 e. The van der Waals surface area contributed by atoms with Crippen molar-refractivity contribution in [1.29, 1.82) is 0 Å². The van der Waals surface area contributed by atoms with Gasteiger partial charge in [0.2, 0.25) is 0 Å². The Kier molecular flexibility index (Phi) is 4.32. The van der Waals surface area contributed by atoms with Crippen LogP contribution in [0.5, 0.6) is 0 Å². The average molecular weight is 241 g/mol. The van der Waals surface area contributed by atoms with E-state index >= 15 is 0 Å². The van der Waals surface area contributed by atoms with Crippen LogP contribution in [-0.2, 0) is 4.74 Å². The number of furan rings is 1. The molecule has 2 unspecified atom stereocenters. The number of ether oxygens (including phenoxy) is 1. The summed E-state index contributed by atoms with van der Waals surface area (Å²) in [4.78, 5) is 0. The summed E-state index contributed by atoms with van der Waals surface area (Å²) in [5, 5.41) is 3.61. The highest BCUT2D eigenvalue weighted by molar-refractivity contribution is 7.99. The standard InChI is InChI=1S/C12H19NO2S/c1-9-3-4-12(15-9)11(7-14-2)13-10-5-6-16-8-10/h3-4,10-11,13H,5-8H2,1-2H3. The summed E-state index contributed by atoms with van der Waals surface area (Å²) < 4.78 is 10.9. The molecule has 1 aliphatic heterocycles. The highest BCUT2D eigenvalue weighted by Crippen LogP contribution is 2.22. The van der Waals surface area contributed by atoms with Gasteiger partial charge in [0.25, 0.3) is 0 Å². The van der Waals surface area contributed by atoms with Gasteiger partial charge in [-0.15, -0.1) is 0 Å². The lowest BCUT2D eigenvalue weighted by molar-refractivity contribution is 0.151. The van der Waals surface area contributed by atoms with Crippen molar-refractivity contribution in [2.24, 2.45) is 0 Å². The zero-order chi connectivity index (χ0) is 11.4. The first-order chi connectivity index (χ1) is 7.79. The summed E-state index contributed by atoms with van der Waals surface area (Å²) >= 11 is 2.01. The zero-order valence-electron chi connectivity index (χ0n) is 9.86. The van der Waals surface area contributed by atoms with Crippen LogP contribution >= 0.6 is 11.8 Å². The first kappa shape index (κ1) is 12.0. The SMILES string of the molecule is COCC(NC1CCSC1)c1ccc(C)o1. The van der Waals surface area contributed by atoms with Crippen LogP contribution < -0.4 is 5.32 Å². The highest BCUT2D eigenvalue weighted by atomic mass is 32.2. The summed E-state index contributed by atoms with van der Waals surface area (Å²) in [6.07, 6.45) is 1.24. The van der Waals surface area contributed by atoms with Gasteiger partial charge in [-0.1, -0.05) is 0 Å². The second-order valence-electron chi connectivity index (χ2n) is 4.18. The molecule has 16 heavy (non-hydrogen) atoms. The molecule has 3 nitrogen and oxygen atoms in total. The van der Waals surface area contributed by atoms with Gasteiger partial charge in [-0.25, -0.2) is 0 Å². The maximum atomic E-state index is 5.66. The van der Waals surface area contributed by atoms with E-state index in [1.807, 2.05) is 30.8 Å². The molecule has 2 heterocycles. The fourth-order valence-electron chi connectivity index (χ4n) is 1.97. The Morgan fingerprint density at radius 3 is 3.06 bits per heavy atom. The molecule has 1 N–H and O–H groups in total. The lowest BCUT2D eigenvalue weighted by atomic mass is 10.2. The first-order valence-corrected chi connectivity index (χ1v) is 6.84. The molecule has 0 aromatic carbocycles. The van der Waals surface area contributed by atoms with Gasteiger partial charge in [-0.2, -0.15) is 11.8 Å². The number of thioether (sulfide) groups is 1. The van der Waals surface area contributed by atoms with Gasteiger partial charge in [-0.3, -0.25) is 0 Å². The monoisotopic (exact) mass is 241 g/mol. The number of rotatable bonds is 5. The van der Waals surface area contributed by atoms with Crippen molar-refractivity contribution < 1.29 is 9.15 Å². The van der Waals surface area contributed by atoms with Crippen molar-refractivity contribution >= 4 is 11.8 Å². The molecular weight excluding hydrogens is 222 g/mol. The number of methoxy groups -OCH3 is 1. The quantitative estimate of drug-likeness (QED) is 0.858. The normalized spacial score (nSPS) is 22.5. The van der Waals surface area contributed by atoms with Gasteiger partial charge in [0.1, 0.15) is 11.5 Å².